The molecule has 0 aromatic carbocycles. The number of rotatable bonds is 3. The van der Waals surface area contributed by atoms with Crippen molar-refractivity contribution in [3.05, 3.63) is 0 Å². The van der Waals surface area contributed by atoms with Gasteiger partial charge in [-0.2, -0.15) is 0 Å². The Labute approximate surface area is 77.0 Å². The molecule has 1 rings (SSSR count). The fourth-order valence-electron chi connectivity index (χ4n) is 1.36. The van der Waals surface area contributed by atoms with Crippen LogP contribution < -0.4 is 5.32 Å². The molecule has 1 atom stereocenters. The van der Waals surface area contributed by atoms with E-state index in [1.54, 1.807) is 11.9 Å². The van der Waals surface area contributed by atoms with Gasteiger partial charge in [-0.05, 0) is 0 Å². The largest absolute Gasteiger partial charge is 0.375 e. The van der Waals surface area contributed by atoms with Crippen molar-refractivity contribution in [2.75, 3.05) is 27.3 Å². The van der Waals surface area contributed by atoms with Gasteiger partial charge in [0.25, 0.3) is 0 Å². The lowest BCUT2D eigenvalue weighted by atomic mass is 10.2. The van der Waals surface area contributed by atoms with E-state index in [9.17, 15) is 9.59 Å². The van der Waals surface area contributed by atoms with Gasteiger partial charge in [0.15, 0.2) is 0 Å². The number of nitrogens with zero attached hydrogens (tertiary/aromatic N) is 1. The van der Waals surface area contributed by atoms with E-state index in [0.29, 0.717) is 13.0 Å². The maximum atomic E-state index is 11.1. The van der Waals surface area contributed by atoms with Crippen molar-refractivity contribution in [3.63, 3.8) is 0 Å². The minimum absolute atomic E-state index is 0.0500. The first-order valence-corrected chi connectivity index (χ1v) is 4.15. The summed E-state index contributed by atoms with van der Waals surface area (Å²) in [6.45, 7) is 0.642. The van der Waals surface area contributed by atoms with Crippen molar-refractivity contribution in [1.29, 1.82) is 0 Å². The Morgan fingerprint density at radius 2 is 2.46 bits per heavy atom. The van der Waals surface area contributed by atoms with Gasteiger partial charge in [0.1, 0.15) is 6.61 Å². The van der Waals surface area contributed by atoms with E-state index in [1.807, 2.05) is 0 Å². The number of likely N-dealkylation sites (N-methyl/N-ethyl adjacent to an activating group) is 1. The summed E-state index contributed by atoms with van der Waals surface area (Å²) in [5, 5.41) is 2.71. The van der Waals surface area contributed by atoms with Crippen molar-refractivity contribution < 1.29 is 14.3 Å². The van der Waals surface area contributed by atoms with E-state index in [4.69, 9.17) is 0 Å². The topological polar surface area (TPSA) is 58.6 Å². The molecule has 1 fully saturated rings. The normalized spacial score (nSPS) is 22.2. The van der Waals surface area contributed by atoms with E-state index >= 15 is 0 Å². The highest BCUT2D eigenvalue weighted by molar-refractivity contribution is 5.82. The molecule has 0 radical (unpaired) electrons. The predicted octanol–water partition coefficient (Wildman–Crippen LogP) is -1.02. The van der Waals surface area contributed by atoms with E-state index in [1.165, 1.54) is 7.11 Å². The highest BCUT2D eigenvalue weighted by atomic mass is 16.5. The number of amides is 2. The fraction of sp³-hybridized carbons (Fsp3) is 0.750. The number of carbonyl (C=O) groups excluding carboxylic acids is 2. The van der Waals surface area contributed by atoms with E-state index in [-0.39, 0.29) is 24.5 Å². The lowest BCUT2D eigenvalue weighted by Crippen LogP contribution is -2.38. The summed E-state index contributed by atoms with van der Waals surface area (Å²) in [5.41, 5.74) is 0. The number of ether oxygens (including phenoxy) is 1. The second-order valence-corrected chi connectivity index (χ2v) is 3.18. The zero-order chi connectivity index (χ0) is 9.84. The molecule has 1 unspecified atom stereocenters. The van der Waals surface area contributed by atoms with Gasteiger partial charge in [0.05, 0.1) is 6.04 Å². The molecule has 0 spiro atoms. The van der Waals surface area contributed by atoms with Crippen LogP contribution in [0.2, 0.25) is 0 Å². The van der Waals surface area contributed by atoms with Crippen molar-refractivity contribution in [2.45, 2.75) is 12.5 Å². The molecule has 0 saturated carbocycles. The van der Waals surface area contributed by atoms with Crippen LogP contribution >= 0.6 is 0 Å². The van der Waals surface area contributed by atoms with Crippen LogP contribution in [0.15, 0.2) is 0 Å². The Kier molecular flexibility index (Phi) is 3.25. The lowest BCUT2D eigenvalue weighted by molar-refractivity contribution is -0.126. The molecule has 5 nitrogen and oxygen atoms in total. The average molecular weight is 186 g/mol. The molecule has 0 bridgehead atoms. The fourth-order valence-corrected chi connectivity index (χ4v) is 1.36. The van der Waals surface area contributed by atoms with Gasteiger partial charge in [-0.15, -0.1) is 0 Å². The average Bonchev–Trinajstić information content (AvgIpc) is 2.31. The number of carbonyl (C=O) groups is 2. The smallest absolute Gasteiger partial charge is 0.246 e. The quantitative estimate of drug-likeness (QED) is 0.613. The maximum Gasteiger partial charge on any atom is 0.246 e. The van der Waals surface area contributed by atoms with Crippen molar-refractivity contribution in [2.24, 2.45) is 0 Å². The van der Waals surface area contributed by atoms with Crippen LogP contribution in [0.4, 0.5) is 0 Å². The van der Waals surface area contributed by atoms with Gasteiger partial charge in [-0.1, -0.05) is 0 Å². The molecule has 13 heavy (non-hydrogen) atoms. The third-order valence-electron chi connectivity index (χ3n) is 1.98. The molecule has 0 aromatic heterocycles. The molecular formula is C8H14N2O3. The summed E-state index contributed by atoms with van der Waals surface area (Å²) in [5.74, 6) is -0.0988. The Bertz CT molecular complexity index is 217. The Balaban J connectivity index is 2.31. The molecule has 1 saturated heterocycles. The third-order valence-corrected chi connectivity index (χ3v) is 1.98. The second-order valence-electron chi connectivity index (χ2n) is 3.18. The van der Waals surface area contributed by atoms with Crippen LogP contribution in [-0.2, 0) is 14.3 Å². The first kappa shape index (κ1) is 9.98. The minimum atomic E-state index is -0.171. The molecule has 0 aliphatic carbocycles. The SMILES string of the molecule is COCC(=O)NC1CC(=O)N(C)C1. The third kappa shape index (κ3) is 2.69. The van der Waals surface area contributed by atoms with Crippen molar-refractivity contribution in [1.82, 2.24) is 10.2 Å². The van der Waals surface area contributed by atoms with Crippen molar-refractivity contribution in [3.8, 4) is 0 Å². The first-order chi connectivity index (χ1) is 6.13. The summed E-state index contributed by atoms with van der Waals surface area (Å²) >= 11 is 0. The highest BCUT2D eigenvalue weighted by Gasteiger charge is 2.27. The van der Waals surface area contributed by atoms with Crippen LogP contribution in [0, 0.1) is 0 Å². The molecule has 1 N–H and O–H groups in total. The number of hydrogen-bond donors (Lipinski definition) is 1. The zero-order valence-electron chi connectivity index (χ0n) is 7.87. The highest BCUT2D eigenvalue weighted by Crippen LogP contribution is 2.07. The van der Waals surface area contributed by atoms with Gasteiger partial charge >= 0.3 is 0 Å². The predicted molar refractivity (Wildman–Crippen MR) is 46.1 cm³/mol. The molecule has 1 aliphatic heterocycles. The van der Waals surface area contributed by atoms with E-state index < -0.39 is 0 Å². The van der Waals surface area contributed by atoms with Crippen LogP contribution in [0.25, 0.3) is 0 Å². The monoisotopic (exact) mass is 186 g/mol. The van der Waals surface area contributed by atoms with Crippen LogP contribution in [0.1, 0.15) is 6.42 Å². The van der Waals surface area contributed by atoms with Gasteiger partial charge in [0.2, 0.25) is 11.8 Å². The Morgan fingerprint density at radius 3 is 2.92 bits per heavy atom. The molecule has 1 aliphatic rings. The van der Waals surface area contributed by atoms with Gasteiger partial charge in [-0.3, -0.25) is 9.59 Å². The molecule has 74 valence electrons. The number of hydrogen-bond acceptors (Lipinski definition) is 3. The standard InChI is InChI=1S/C8H14N2O3/c1-10-4-6(3-8(10)12)9-7(11)5-13-2/h6H,3-5H2,1-2H3,(H,9,11). The van der Waals surface area contributed by atoms with Gasteiger partial charge in [-0.25, -0.2) is 0 Å². The zero-order valence-corrected chi connectivity index (χ0v) is 7.87. The Hall–Kier alpha value is -1.10. The lowest BCUT2D eigenvalue weighted by Gasteiger charge is -2.11. The molecule has 5 heteroatoms. The number of nitrogens with one attached hydrogen (secondary N) is 1. The first-order valence-electron chi connectivity index (χ1n) is 4.15. The molecular weight excluding hydrogens is 172 g/mol. The van der Waals surface area contributed by atoms with Crippen LogP contribution in [0.3, 0.4) is 0 Å². The molecule has 0 aromatic rings. The second kappa shape index (κ2) is 4.23. The summed E-state index contributed by atoms with van der Waals surface area (Å²) in [4.78, 5) is 23.7. The Morgan fingerprint density at radius 1 is 1.77 bits per heavy atom. The van der Waals surface area contributed by atoms with E-state index in [2.05, 4.69) is 10.1 Å². The van der Waals surface area contributed by atoms with Crippen molar-refractivity contribution >= 4 is 11.8 Å². The van der Waals surface area contributed by atoms with Gasteiger partial charge in [0, 0.05) is 27.1 Å². The van der Waals surface area contributed by atoms with Crippen LogP contribution in [-0.4, -0.2) is 50.1 Å². The molecule has 1 heterocycles. The van der Waals surface area contributed by atoms with Gasteiger partial charge < -0.3 is 15.0 Å². The van der Waals surface area contributed by atoms with E-state index in [0.717, 1.165) is 0 Å². The number of likely N-dealkylation sites (tertiary alicyclic amines) is 1. The summed E-state index contributed by atoms with van der Waals surface area (Å²) in [7, 11) is 3.19. The van der Waals surface area contributed by atoms with Crippen LogP contribution in [0.5, 0.6) is 0 Å². The minimum Gasteiger partial charge on any atom is -0.375 e. The summed E-state index contributed by atoms with van der Waals surface area (Å²) in [6.07, 6.45) is 0.395. The number of methoxy groups -OCH3 is 1. The summed E-state index contributed by atoms with van der Waals surface area (Å²) in [6, 6.07) is -0.0554. The molecule has 2 amide bonds. The summed E-state index contributed by atoms with van der Waals surface area (Å²) < 4.78 is 4.66. The maximum absolute atomic E-state index is 11.1.